The number of nitrogens with zero attached hydrogens (tertiary/aromatic N) is 2. The third-order valence-corrected chi connectivity index (χ3v) is 5.35. The van der Waals surface area contributed by atoms with Crippen molar-refractivity contribution in [2.24, 2.45) is 5.14 Å². The number of hydrogen-bond donors (Lipinski definition) is 2. The van der Waals surface area contributed by atoms with Crippen molar-refractivity contribution in [2.45, 2.75) is 30.3 Å². The molecule has 0 unspecified atom stereocenters. The highest BCUT2D eigenvalue weighted by Crippen LogP contribution is 2.24. The standard InChI is InChI=1S/C15H23N3O4S/c1-11-14(17(2)9-10-19)7-8-18(11)15(20)12-3-5-13(6-4-12)23(16,21)22/h3-6,11,14,19H,7-10H2,1-2H3,(H2,16,21,22)/t11-,14-/m1/s1. The Balaban J connectivity index is 2.12. The summed E-state index contributed by atoms with van der Waals surface area (Å²) in [6.45, 7) is 3.28. The maximum absolute atomic E-state index is 12.6. The number of aliphatic hydroxyl groups excluding tert-OH is 1. The van der Waals surface area contributed by atoms with Crippen molar-refractivity contribution >= 4 is 15.9 Å². The Bertz CT molecular complexity index is 660. The zero-order chi connectivity index (χ0) is 17.2. The van der Waals surface area contributed by atoms with Gasteiger partial charge in [0.25, 0.3) is 5.91 Å². The maximum Gasteiger partial charge on any atom is 0.254 e. The van der Waals surface area contributed by atoms with Gasteiger partial charge in [0.05, 0.1) is 11.5 Å². The fourth-order valence-corrected chi connectivity index (χ4v) is 3.59. The Morgan fingerprint density at radius 3 is 2.52 bits per heavy atom. The lowest BCUT2D eigenvalue weighted by Gasteiger charge is -2.30. The average molecular weight is 341 g/mol. The van der Waals surface area contributed by atoms with Crippen LogP contribution < -0.4 is 5.14 Å². The number of nitrogens with two attached hydrogens (primary N) is 1. The van der Waals surface area contributed by atoms with Crippen molar-refractivity contribution in [1.29, 1.82) is 0 Å². The monoisotopic (exact) mass is 341 g/mol. The van der Waals surface area contributed by atoms with Crippen LogP contribution in [-0.4, -0.2) is 68.1 Å². The van der Waals surface area contributed by atoms with Crippen molar-refractivity contribution in [3.63, 3.8) is 0 Å². The van der Waals surface area contributed by atoms with E-state index in [9.17, 15) is 13.2 Å². The Morgan fingerprint density at radius 1 is 1.39 bits per heavy atom. The van der Waals surface area contributed by atoms with E-state index in [0.29, 0.717) is 18.7 Å². The van der Waals surface area contributed by atoms with Gasteiger partial charge in [0.2, 0.25) is 10.0 Å². The minimum atomic E-state index is -3.76. The van der Waals surface area contributed by atoms with E-state index in [1.54, 1.807) is 4.90 Å². The number of likely N-dealkylation sites (N-methyl/N-ethyl adjacent to an activating group) is 1. The van der Waals surface area contributed by atoms with E-state index in [-0.39, 0.29) is 29.5 Å². The molecule has 1 heterocycles. The first-order chi connectivity index (χ1) is 10.8. The molecule has 1 aliphatic heterocycles. The molecule has 0 bridgehead atoms. The molecule has 8 heteroatoms. The van der Waals surface area contributed by atoms with Gasteiger partial charge in [-0.1, -0.05) is 0 Å². The van der Waals surface area contributed by atoms with E-state index in [4.69, 9.17) is 10.2 Å². The highest BCUT2D eigenvalue weighted by molar-refractivity contribution is 7.89. The molecule has 1 aliphatic rings. The molecule has 0 radical (unpaired) electrons. The molecule has 0 saturated carbocycles. The lowest BCUT2D eigenvalue weighted by molar-refractivity contribution is 0.0706. The summed E-state index contributed by atoms with van der Waals surface area (Å²) in [7, 11) is -1.82. The van der Waals surface area contributed by atoms with Gasteiger partial charge < -0.3 is 10.0 Å². The molecule has 128 valence electrons. The Hall–Kier alpha value is -1.48. The van der Waals surface area contributed by atoms with Gasteiger partial charge in [-0.2, -0.15) is 0 Å². The molecular formula is C15H23N3O4S. The Kier molecular flexibility index (Phi) is 5.41. The largest absolute Gasteiger partial charge is 0.395 e. The molecule has 0 aromatic heterocycles. The molecule has 0 aliphatic carbocycles. The topological polar surface area (TPSA) is 104 Å². The quantitative estimate of drug-likeness (QED) is 0.776. The molecule has 0 spiro atoms. The summed E-state index contributed by atoms with van der Waals surface area (Å²) >= 11 is 0. The van der Waals surface area contributed by atoms with Crippen LogP contribution in [0.4, 0.5) is 0 Å². The van der Waals surface area contributed by atoms with E-state index in [1.807, 2.05) is 14.0 Å². The normalized spacial score (nSPS) is 21.9. The summed E-state index contributed by atoms with van der Waals surface area (Å²) in [5.74, 6) is -0.127. The summed E-state index contributed by atoms with van der Waals surface area (Å²) in [6, 6.07) is 5.89. The second-order valence-corrected chi connectivity index (χ2v) is 7.43. The third-order valence-electron chi connectivity index (χ3n) is 4.42. The van der Waals surface area contributed by atoms with Crippen molar-refractivity contribution < 1.29 is 18.3 Å². The highest BCUT2D eigenvalue weighted by atomic mass is 32.2. The van der Waals surface area contributed by atoms with Gasteiger partial charge in [0, 0.05) is 30.7 Å². The molecule has 7 nitrogen and oxygen atoms in total. The van der Waals surface area contributed by atoms with E-state index < -0.39 is 10.0 Å². The first-order valence-electron chi connectivity index (χ1n) is 7.50. The van der Waals surface area contributed by atoms with Crippen LogP contribution in [0.3, 0.4) is 0 Å². The van der Waals surface area contributed by atoms with Crippen LogP contribution in [0, 0.1) is 0 Å². The first-order valence-corrected chi connectivity index (χ1v) is 9.05. The Labute approximate surface area is 136 Å². The molecule has 2 rings (SSSR count). The summed E-state index contributed by atoms with van der Waals surface area (Å²) in [4.78, 5) is 16.5. The van der Waals surface area contributed by atoms with Gasteiger partial charge in [0.15, 0.2) is 0 Å². The zero-order valence-electron chi connectivity index (χ0n) is 13.3. The molecule has 2 atom stereocenters. The third kappa shape index (κ3) is 3.89. The van der Waals surface area contributed by atoms with Crippen molar-refractivity contribution in [2.75, 3.05) is 26.7 Å². The number of sulfonamides is 1. The number of hydrogen-bond acceptors (Lipinski definition) is 5. The van der Waals surface area contributed by atoms with Crippen molar-refractivity contribution in [3.05, 3.63) is 29.8 Å². The summed E-state index contributed by atoms with van der Waals surface area (Å²) in [5, 5.41) is 14.1. The van der Waals surface area contributed by atoms with Gasteiger partial charge in [0.1, 0.15) is 0 Å². The molecule has 1 aromatic rings. The smallest absolute Gasteiger partial charge is 0.254 e. The SMILES string of the molecule is C[C@@H]1[C@H](N(C)CCO)CCN1C(=O)c1ccc(S(N)(=O)=O)cc1. The number of carbonyl (C=O) groups excluding carboxylic acids is 1. The predicted octanol–water partition coefficient (Wildman–Crippen LogP) is -0.139. The number of primary sulfonamides is 1. The van der Waals surface area contributed by atoms with E-state index >= 15 is 0 Å². The number of aliphatic hydroxyl groups is 1. The Morgan fingerprint density at radius 2 is 2.00 bits per heavy atom. The van der Waals surface area contributed by atoms with Crippen molar-refractivity contribution in [3.8, 4) is 0 Å². The molecule has 1 aromatic carbocycles. The van der Waals surface area contributed by atoms with Gasteiger partial charge in [-0.25, -0.2) is 13.6 Å². The van der Waals surface area contributed by atoms with Gasteiger partial charge in [-0.05, 0) is 44.7 Å². The molecular weight excluding hydrogens is 318 g/mol. The minimum Gasteiger partial charge on any atom is -0.395 e. The fraction of sp³-hybridized carbons (Fsp3) is 0.533. The van der Waals surface area contributed by atoms with Gasteiger partial charge in [-0.15, -0.1) is 0 Å². The van der Waals surface area contributed by atoms with E-state index in [2.05, 4.69) is 4.90 Å². The summed E-state index contributed by atoms with van der Waals surface area (Å²) < 4.78 is 22.5. The summed E-state index contributed by atoms with van der Waals surface area (Å²) in [5.41, 5.74) is 0.440. The van der Waals surface area contributed by atoms with Crippen LogP contribution in [0.15, 0.2) is 29.2 Å². The van der Waals surface area contributed by atoms with Crippen LogP contribution in [0.1, 0.15) is 23.7 Å². The highest BCUT2D eigenvalue weighted by Gasteiger charge is 2.36. The first kappa shape index (κ1) is 17.9. The van der Waals surface area contributed by atoms with E-state index in [1.165, 1.54) is 24.3 Å². The lowest BCUT2D eigenvalue weighted by atomic mass is 10.1. The molecule has 23 heavy (non-hydrogen) atoms. The van der Waals surface area contributed by atoms with Crippen LogP contribution >= 0.6 is 0 Å². The van der Waals surface area contributed by atoms with Crippen LogP contribution in [0.25, 0.3) is 0 Å². The number of amides is 1. The van der Waals surface area contributed by atoms with Gasteiger partial charge >= 0.3 is 0 Å². The number of carbonyl (C=O) groups is 1. The second kappa shape index (κ2) is 6.96. The van der Waals surface area contributed by atoms with Crippen molar-refractivity contribution in [1.82, 2.24) is 9.80 Å². The van der Waals surface area contributed by atoms with Crippen LogP contribution in [0.5, 0.6) is 0 Å². The number of likely N-dealkylation sites (tertiary alicyclic amines) is 1. The summed E-state index contributed by atoms with van der Waals surface area (Å²) in [6.07, 6.45) is 0.846. The van der Waals surface area contributed by atoms with Crippen LogP contribution in [0.2, 0.25) is 0 Å². The molecule has 1 fully saturated rings. The maximum atomic E-state index is 12.6. The number of benzene rings is 1. The van der Waals surface area contributed by atoms with Gasteiger partial charge in [-0.3, -0.25) is 9.69 Å². The van der Waals surface area contributed by atoms with E-state index in [0.717, 1.165) is 6.42 Å². The molecule has 1 saturated heterocycles. The zero-order valence-corrected chi connectivity index (χ0v) is 14.2. The minimum absolute atomic E-state index is 0.0101. The number of rotatable bonds is 5. The fourth-order valence-electron chi connectivity index (χ4n) is 3.08. The molecule has 3 N–H and O–H groups in total. The molecule has 1 amide bonds. The lowest BCUT2D eigenvalue weighted by Crippen LogP contribution is -2.44. The predicted molar refractivity (Wildman–Crippen MR) is 86.4 cm³/mol. The second-order valence-electron chi connectivity index (χ2n) is 5.87. The average Bonchev–Trinajstić information content (AvgIpc) is 2.88. The van der Waals surface area contributed by atoms with Crippen LogP contribution in [-0.2, 0) is 10.0 Å².